The number of rotatable bonds is 13. The molecule has 0 saturated heterocycles. The predicted octanol–water partition coefficient (Wildman–Crippen LogP) is 7.67. The minimum atomic E-state index is 0.474. The van der Waals surface area contributed by atoms with E-state index >= 15 is 0 Å². The van der Waals surface area contributed by atoms with E-state index in [-0.39, 0.29) is 0 Å². The lowest BCUT2D eigenvalue weighted by molar-refractivity contribution is 0.544. The largest absolute Gasteiger partial charge is 0.302 e. The Morgan fingerprint density at radius 3 is 1.86 bits per heavy atom. The van der Waals surface area contributed by atoms with Gasteiger partial charge in [-0.3, -0.25) is 0 Å². The van der Waals surface area contributed by atoms with Crippen molar-refractivity contribution in [3.05, 3.63) is 95.4 Å². The van der Waals surface area contributed by atoms with Crippen LogP contribution in [0.3, 0.4) is 0 Å². The number of nitrogens with one attached hydrogen (secondary N) is 1. The van der Waals surface area contributed by atoms with Gasteiger partial charge in [0.15, 0.2) is 0 Å². The van der Waals surface area contributed by atoms with Crippen LogP contribution in [0.25, 0.3) is 0 Å². The molecule has 0 saturated carbocycles. The summed E-state index contributed by atoms with van der Waals surface area (Å²) in [6.07, 6.45) is 17.1. The molecule has 29 heavy (non-hydrogen) atoms. The first-order valence-corrected chi connectivity index (χ1v) is 12.2. The van der Waals surface area contributed by atoms with Crippen LogP contribution < -0.4 is 5.32 Å². The van der Waals surface area contributed by atoms with Gasteiger partial charge in [0, 0.05) is 5.92 Å². The lowest BCUT2D eigenvalue weighted by Gasteiger charge is -2.18. The highest BCUT2D eigenvalue weighted by atomic mass is 32.2. The van der Waals surface area contributed by atoms with Crippen LogP contribution in [0.2, 0.25) is 0 Å². The molecule has 1 atom stereocenters. The minimum Gasteiger partial charge on any atom is -0.302 e. The summed E-state index contributed by atoms with van der Waals surface area (Å²) in [5.74, 6) is 0.532. The Balaban J connectivity index is 1.27. The second-order valence-corrected chi connectivity index (χ2v) is 8.91. The van der Waals surface area contributed by atoms with Crippen molar-refractivity contribution >= 4 is 11.8 Å². The number of unbranched alkanes of at least 4 members (excludes halogenated alkanes) is 6. The lowest BCUT2D eigenvalue weighted by atomic mass is 9.87. The van der Waals surface area contributed by atoms with Gasteiger partial charge < -0.3 is 5.32 Å². The first kappa shape index (κ1) is 21.9. The average Bonchev–Trinajstić information content (AvgIpc) is 2.79. The molecule has 2 aromatic rings. The van der Waals surface area contributed by atoms with E-state index in [0.29, 0.717) is 11.3 Å². The standard InChI is InChI=1S/C27H35NS/c1(3-5-14-22-28-27-21-13-15-23-29-27)2-4-12-20-26(24-16-8-6-9-17-24)25-18-10-7-11-19-25/h6-11,13,15-19,21,23,26-28H,1-5,12,14,20,22H2. The molecular formula is C27H35NS. The summed E-state index contributed by atoms with van der Waals surface area (Å²) in [4.78, 5) is 0. The summed E-state index contributed by atoms with van der Waals surface area (Å²) < 4.78 is 0. The van der Waals surface area contributed by atoms with Crippen molar-refractivity contribution in [1.29, 1.82) is 0 Å². The maximum Gasteiger partial charge on any atom is 0.0763 e. The van der Waals surface area contributed by atoms with Crippen molar-refractivity contribution in [1.82, 2.24) is 5.32 Å². The van der Waals surface area contributed by atoms with Gasteiger partial charge in [-0.15, -0.1) is 11.8 Å². The van der Waals surface area contributed by atoms with Crippen molar-refractivity contribution in [2.45, 2.75) is 62.7 Å². The van der Waals surface area contributed by atoms with Crippen molar-refractivity contribution in [3.8, 4) is 0 Å². The summed E-state index contributed by atoms with van der Waals surface area (Å²) in [7, 11) is 0. The molecule has 3 rings (SSSR count). The molecule has 1 nitrogen and oxygen atoms in total. The van der Waals surface area contributed by atoms with Crippen LogP contribution in [0.15, 0.2) is 84.3 Å². The van der Waals surface area contributed by atoms with Crippen LogP contribution in [-0.2, 0) is 0 Å². The van der Waals surface area contributed by atoms with Crippen LogP contribution in [0.1, 0.15) is 68.4 Å². The van der Waals surface area contributed by atoms with Gasteiger partial charge in [0.2, 0.25) is 0 Å². The fourth-order valence-corrected chi connectivity index (χ4v) is 4.75. The molecule has 1 N–H and O–H groups in total. The summed E-state index contributed by atoms with van der Waals surface area (Å²) in [6.45, 7) is 1.13. The van der Waals surface area contributed by atoms with E-state index in [1.165, 1.54) is 62.5 Å². The maximum absolute atomic E-state index is 3.60. The molecule has 0 aliphatic carbocycles. The fourth-order valence-electron chi connectivity index (χ4n) is 4.00. The van der Waals surface area contributed by atoms with Gasteiger partial charge in [0.05, 0.1) is 5.37 Å². The third-order valence-electron chi connectivity index (χ3n) is 5.62. The molecule has 0 fully saturated rings. The summed E-state index contributed by atoms with van der Waals surface area (Å²) in [5, 5.41) is 6.24. The van der Waals surface area contributed by atoms with Crippen LogP contribution in [0.5, 0.6) is 0 Å². The van der Waals surface area contributed by atoms with E-state index in [1.54, 1.807) is 0 Å². The molecule has 0 spiro atoms. The number of hydrogen-bond donors (Lipinski definition) is 1. The van der Waals surface area contributed by atoms with E-state index in [1.807, 2.05) is 11.8 Å². The Bertz CT molecular complexity index is 683. The zero-order chi connectivity index (χ0) is 20.0. The number of thioether (sulfide) groups is 1. The molecule has 0 radical (unpaired) electrons. The fraction of sp³-hybridized carbons (Fsp3) is 0.407. The first-order valence-electron chi connectivity index (χ1n) is 11.3. The van der Waals surface area contributed by atoms with E-state index in [0.717, 1.165) is 6.54 Å². The molecule has 1 aliphatic heterocycles. The van der Waals surface area contributed by atoms with Crippen LogP contribution in [0.4, 0.5) is 0 Å². The van der Waals surface area contributed by atoms with Gasteiger partial charge in [0.25, 0.3) is 0 Å². The Kier molecular flexibility index (Phi) is 10.2. The van der Waals surface area contributed by atoms with Crippen LogP contribution in [0, 0.1) is 0 Å². The van der Waals surface area contributed by atoms with Gasteiger partial charge >= 0.3 is 0 Å². The van der Waals surface area contributed by atoms with Gasteiger partial charge in [-0.25, -0.2) is 0 Å². The van der Waals surface area contributed by atoms with Crippen molar-refractivity contribution in [3.63, 3.8) is 0 Å². The summed E-state index contributed by atoms with van der Waals surface area (Å²) in [6, 6.07) is 22.0. The Morgan fingerprint density at radius 1 is 0.690 bits per heavy atom. The van der Waals surface area contributed by atoms with Crippen LogP contribution >= 0.6 is 11.8 Å². The highest BCUT2D eigenvalue weighted by Gasteiger charge is 2.13. The van der Waals surface area contributed by atoms with Crippen LogP contribution in [-0.4, -0.2) is 11.9 Å². The van der Waals surface area contributed by atoms with E-state index < -0.39 is 0 Å². The second-order valence-electron chi connectivity index (χ2n) is 7.86. The van der Waals surface area contributed by atoms with E-state index in [2.05, 4.69) is 89.6 Å². The lowest BCUT2D eigenvalue weighted by Crippen LogP contribution is -2.25. The van der Waals surface area contributed by atoms with Crippen molar-refractivity contribution in [2.75, 3.05) is 6.54 Å². The molecule has 0 bridgehead atoms. The number of benzene rings is 2. The molecule has 2 aromatic carbocycles. The molecular weight excluding hydrogens is 370 g/mol. The molecule has 1 heterocycles. The van der Waals surface area contributed by atoms with E-state index in [4.69, 9.17) is 0 Å². The highest BCUT2D eigenvalue weighted by Crippen LogP contribution is 2.30. The van der Waals surface area contributed by atoms with Gasteiger partial charge in [-0.1, -0.05) is 117 Å². The summed E-state index contributed by atoms with van der Waals surface area (Å²) >= 11 is 1.86. The zero-order valence-corrected chi connectivity index (χ0v) is 18.3. The Labute approximate surface area is 181 Å². The molecule has 154 valence electrons. The minimum absolute atomic E-state index is 0.474. The SMILES string of the molecule is C1=CSC(NCCCCCCCCCC(c2ccccc2)c2ccccc2)C=C1. The second kappa shape index (κ2) is 13.5. The first-order chi connectivity index (χ1) is 14.4. The Morgan fingerprint density at radius 2 is 1.28 bits per heavy atom. The van der Waals surface area contributed by atoms with Gasteiger partial charge in [-0.2, -0.15) is 0 Å². The predicted molar refractivity (Wildman–Crippen MR) is 129 cm³/mol. The topological polar surface area (TPSA) is 12.0 Å². The third-order valence-corrected chi connectivity index (χ3v) is 6.55. The number of hydrogen-bond acceptors (Lipinski definition) is 2. The molecule has 1 aliphatic rings. The average molecular weight is 406 g/mol. The summed E-state index contributed by atoms with van der Waals surface area (Å²) in [5.41, 5.74) is 2.90. The van der Waals surface area contributed by atoms with Crippen molar-refractivity contribution < 1.29 is 0 Å². The highest BCUT2D eigenvalue weighted by molar-refractivity contribution is 8.02. The smallest absolute Gasteiger partial charge is 0.0763 e. The number of allylic oxidation sites excluding steroid dienone is 2. The molecule has 2 heteroatoms. The molecule has 1 unspecified atom stereocenters. The monoisotopic (exact) mass is 405 g/mol. The normalized spacial score (nSPS) is 15.8. The third kappa shape index (κ3) is 8.24. The quantitative estimate of drug-likeness (QED) is 0.343. The Hall–Kier alpha value is -1.77. The van der Waals surface area contributed by atoms with Crippen molar-refractivity contribution in [2.24, 2.45) is 0 Å². The van der Waals surface area contributed by atoms with Gasteiger partial charge in [0.1, 0.15) is 0 Å². The van der Waals surface area contributed by atoms with E-state index in [9.17, 15) is 0 Å². The molecule has 0 amide bonds. The van der Waals surface area contributed by atoms with Gasteiger partial charge in [-0.05, 0) is 35.9 Å². The maximum atomic E-state index is 3.60. The zero-order valence-electron chi connectivity index (χ0n) is 17.5. The molecule has 0 aromatic heterocycles.